The van der Waals surface area contributed by atoms with Gasteiger partial charge in [0, 0.05) is 38.3 Å². The van der Waals surface area contributed by atoms with Gasteiger partial charge >= 0.3 is 0 Å². The molecule has 0 atom stereocenters. The van der Waals surface area contributed by atoms with Gasteiger partial charge in [-0.15, -0.1) is 0 Å². The number of fused-ring (bicyclic) bond motifs is 3. The Balaban J connectivity index is 2.39. The average Bonchev–Trinajstić information content (AvgIpc) is 2.63. The molecule has 0 radical (unpaired) electrons. The molecule has 0 spiro atoms. The first kappa shape index (κ1) is 13.5. The molecule has 0 aliphatic carbocycles. The number of nitrogens with two attached hydrogens (primary N) is 1. The molecular formula is C15H12BrClN2O. The molecule has 3 aromatic rings. The van der Waals surface area contributed by atoms with Crippen molar-refractivity contribution < 1.29 is 4.79 Å². The van der Waals surface area contributed by atoms with Crippen LogP contribution in [0.5, 0.6) is 0 Å². The maximum absolute atomic E-state index is 11.2. The summed E-state index contributed by atoms with van der Waals surface area (Å²) in [5.41, 5.74) is 8.37. The van der Waals surface area contributed by atoms with Crippen molar-refractivity contribution in [3.63, 3.8) is 0 Å². The van der Waals surface area contributed by atoms with Gasteiger partial charge in [0.15, 0.2) is 0 Å². The average molecular weight is 352 g/mol. The van der Waals surface area contributed by atoms with E-state index in [1.54, 1.807) is 0 Å². The molecule has 102 valence electrons. The molecule has 1 heterocycles. The quantitative estimate of drug-likeness (QED) is 0.750. The van der Waals surface area contributed by atoms with Crippen molar-refractivity contribution in [2.24, 2.45) is 12.8 Å². The van der Waals surface area contributed by atoms with Crippen molar-refractivity contribution >= 4 is 55.2 Å². The van der Waals surface area contributed by atoms with Crippen molar-refractivity contribution in [3.8, 4) is 0 Å². The van der Waals surface area contributed by atoms with E-state index in [0.29, 0.717) is 5.02 Å². The normalized spacial score (nSPS) is 11.3. The highest BCUT2D eigenvalue weighted by atomic mass is 79.9. The maximum Gasteiger partial charge on any atom is 0.221 e. The Bertz CT molecular complexity index is 854. The lowest BCUT2D eigenvalue weighted by Crippen LogP contribution is -2.13. The largest absolute Gasteiger partial charge is 0.369 e. The second-order valence-corrected chi connectivity index (χ2v) is 6.12. The number of nitrogens with zero attached hydrogens (tertiary/aromatic N) is 1. The summed E-state index contributed by atoms with van der Waals surface area (Å²) in [7, 11) is 2.01. The summed E-state index contributed by atoms with van der Waals surface area (Å²) in [5.74, 6) is -0.344. The molecule has 3 rings (SSSR count). The van der Waals surface area contributed by atoms with Crippen LogP contribution >= 0.6 is 27.5 Å². The SMILES string of the molecule is Cn1c2ccc(Cl)cc2c2cc(CC(N)=O)c(Br)cc21. The first-order valence-corrected chi connectivity index (χ1v) is 7.29. The van der Waals surface area contributed by atoms with Crippen LogP contribution in [0.4, 0.5) is 0 Å². The van der Waals surface area contributed by atoms with Crippen LogP contribution in [0.25, 0.3) is 21.8 Å². The minimum Gasteiger partial charge on any atom is -0.369 e. The van der Waals surface area contributed by atoms with E-state index in [9.17, 15) is 4.79 Å². The van der Waals surface area contributed by atoms with Gasteiger partial charge in [-0.05, 0) is 35.9 Å². The van der Waals surface area contributed by atoms with E-state index in [4.69, 9.17) is 17.3 Å². The standard InChI is InChI=1S/C15H12BrClN2O/c1-19-13-3-2-9(17)6-11(13)10-4-8(5-15(18)20)12(16)7-14(10)19/h2-4,6-7H,5H2,1H3,(H2,18,20). The first-order valence-electron chi connectivity index (χ1n) is 6.12. The molecule has 20 heavy (non-hydrogen) atoms. The molecule has 5 heteroatoms. The van der Waals surface area contributed by atoms with Crippen molar-refractivity contribution in [3.05, 3.63) is 45.4 Å². The summed E-state index contributed by atoms with van der Waals surface area (Å²) in [5, 5.41) is 2.85. The highest BCUT2D eigenvalue weighted by Crippen LogP contribution is 2.33. The van der Waals surface area contributed by atoms with Crippen LogP contribution in [0, 0.1) is 0 Å². The molecule has 0 saturated carbocycles. The predicted molar refractivity (Wildman–Crippen MR) is 86.0 cm³/mol. The maximum atomic E-state index is 11.2. The van der Waals surface area contributed by atoms with Gasteiger partial charge in [0.05, 0.1) is 6.42 Å². The van der Waals surface area contributed by atoms with Gasteiger partial charge in [0.2, 0.25) is 5.91 Å². The topological polar surface area (TPSA) is 48.0 Å². The van der Waals surface area contributed by atoms with E-state index in [-0.39, 0.29) is 12.3 Å². The van der Waals surface area contributed by atoms with Crippen LogP contribution in [-0.2, 0) is 18.3 Å². The van der Waals surface area contributed by atoms with Gasteiger partial charge in [-0.3, -0.25) is 4.79 Å². The van der Waals surface area contributed by atoms with Crippen LogP contribution in [0.3, 0.4) is 0 Å². The number of halogens is 2. The lowest BCUT2D eigenvalue weighted by Gasteiger charge is -2.04. The van der Waals surface area contributed by atoms with E-state index in [0.717, 1.165) is 31.8 Å². The Hall–Kier alpha value is -1.52. The lowest BCUT2D eigenvalue weighted by atomic mass is 10.1. The molecule has 1 amide bonds. The second-order valence-electron chi connectivity index (χ2n) is 4.82. The molecule has 0 aliphatic rings. The number of carbonyl (C=O) groups is 1. The van der Waals surface area contributed by atoms with E-state index < -0.39 is 0 Å². The number of benzene rings is 2. The summed E-state index contributed by atoms with van der Waals surface area (Å²) in [6.07, 6.45) is 0.216. The summed E-state index contributed by atoms with van der Waals surface area (Å²) in [6.45, 7) is 0. The van der Waals surface area contributed by atoms with Gasteiger partial charge in [0.1, 0.15) is 0 Å². The predicted octanol–water partition coefficient (Wildman–Crippen LogP) is 3.78. The molecule has 0 bridgehead atoms. The van der Waals surface area contributed by atoms with Crippen LogP contribution in [0.2, 0.25) is 5.02 Å². The fraction of sp³-hybridized carbons (Fsp3) is 0.133. The number of rotatable bonds is 2. The number of aryl methyl sites for hydroxylation is 1. The number of carbonyl (C=O) groups excluding carboxylic acids is 1. The van der Waals surface area contributed by atoms with E-state index in [1.165, 1.54) is 0 Å². The number of aromatic nitrogens is 1. The molecule has 0 fully saturated rings. The molecule has 0 unspecified atom stereocenters. The molecule has 0 saturated heterocycles. The zero-order valence-corrected chi connectivity index (χ0v) is 13.1. The van der Waals surface area contributed by atoms with Gasteiger partial charge < -0.3 is 10.3 Å². The Morgan fingerprint density at radius 2 is 1.95 bits per heavy atom. The third kappa shape index (κ3) is 2.09. The fourth-order valence-electron chi connectivity index (χ4n) is 2.57. The molecule has 3 nitrogen and oxygen atoms in total. The first-order chi connectivity index (χ1) is 9.47. The number of amides is 1. The second kappa shape index (κ2) is 4.79. The number of primary amides is 1. The highest BCUT2D eigenvalue weighted by Gasteiger charge is 2.12. The zero-order valence-electron chi connectivity index (χ0n) is 10.8. The summed E-state index contributed by atoms with van der Waals surface area (Å²) in [6, 6.07) is 9.84. The Morgan fingerprint density at radius 1 is 1.25 bits per heavy atom. The van der Waals surface area contributed by atoms with Crippen LogP contribution in [0.15, 0.2) is 34.8 Å². The van der Waals surface area contributed by atoms with Gasteiger partial charge in [-0.1, -0.05) is 27.5 Å². The minimum atomic E-state index is -0.344. The summed E-state index contributed by atoms with van der Waals surface area (Å²) < 4.78 is 3.00. The van der Waals surface area contributed by atoms with E-state index >= 15 is 0 Å². The van der Waals surface area contributed by atoms with Crippen molar-refractivity contribution in [2.45, 2.75) is 6.42 Å². The molecular weight excluding hydrogens is 340 g/mol. The summed E-state index contributed by atoms with van der Waals surface area (Å²) >= 11 is 9.60. The summed E-state index contributed by atoms with van der Waals surface area (Å²) in [4.78, 5) is 11.2. The van der Waals surface area contributed by atoms with Crippen molar-refractivity contribution in [1.29, 1.82) is 0 Å². The van der Waals surface area contributed by atoms with Gasteiger partial charge in [0.25, 0.3) is 0 Å². The lowest BCUT2D eigenvalue weighted by molar-refractivity contribution is -0.117. The van der Waals surface area contributed by atoms with Crippen LogP contribution in [0.1, 0.15) is 5.56 Å². The monoisotopic (exact) mass is 350 g/mol. The van der Waals surface area contributed by atoms with E-state index in [2.05, 4.69) is 20.5 Å². The Kier molecular flexibility index (Phi) is 3.22. The molecule has 2 aromatic carbocycles. The Morgan fingerprint density at radius 3 is 2.65 bits per heavy atom. The molecule has 2 N–H and O–H groups in total. The molecule has 0 aliphatic heterocycles. The van der Waals surface area contributed by atoms with Crippen molar-refractivity contribution in [1.82, 2.24) is 4.57 Å². The van der Waals surface area contributed by atoms with Crippen molar-refractivity contribution in [2.75, 3.05) is 0 Å². The fourth-order valence-corrected chi connectivity index (χ4v) is 3.21. The van der Waals surface area contributed by atoms with Gasteiger partial charge in [-0.2, -0.15) is 0 Å². The third-order valence-corrected chi connectivity index (χ3v) is 4.47. The molecule has 1 aromatic heterocycles. The van der Waals surface area contributed by atoms with Crippen LogP contribution < -0.4 is 5.73 Å². The highest BCUT2D eigenvalue weighted by molar-refractivity contribution is 9.10. The zero-order chi connectivity index (χ0) is 14.4. The van der Waals surface area contributed by atoms with Gasteiger partial charge in [-0.25, -0.2) is 0 Å². The smallest absolute Gasteiger partial charge is 0.221 e. The van der Waals surface area contributed by atoms with Crippen LogP contribution in [-0.4, -0.2) is 10.5 Å². The van der Waals surface area contributed by atoms with E-state index in [1.807, 2.05) is 37.4 Å². The third-order valence-electron chi connectivity index (χ3n) is 3.50. The Labute approximate surface area is 129 Å². The number of hydrogen-bond donors (Lipinski definition) is 1. The number of hydrogen-bond acceptors (Lipinski definition) is 1. The minimum absolute atomic E-state index is 0.216.